The molecule has 1 heterocycles. The predicted molar refractivity (Wildman–Crippen MR) is 97.2 cm³/mol. The maximum absolute atomic E-state index is 13.0. The number of methoxy groups -OCH3 is 1. The second-order valence-electron chi connectivity index (χ2n) is 5.66. The fourth-order valence-electron chi connectivity index (χ4n) is 2.99. The normalized spacial score (nSPS) is 15.9. The van der Waals surface area contributed by atoms with Gasteiger partial charge in [0.15, 0.2) is 0 Å². The van der Waals surface area contributed by atoms with Crippen LogP contribution in [0.3, 0.4) is 0 Å². The number of benzene rings is 2. The molecule has 0 spiro atoms. The minimum absolute atomic E-state index is 0.256. The number of nitrogens with one attached hydrogen (secondary N) is 1. The zero-order valence-corrected chi connectivity index (χ0v) is 15.2. The number of para-hydroxylation sites is 1. The quantitative estimate of drug-likeness (QED) is 0.881. The lowest BCUT2D eigenvalue weighted by Crippen LogP contribution is -2.36. The molecule has 1 N–H and O–H groups in total. The minimum atomic E-state index is -0.853. The average molecular weight is 379 g/mol. The van der Waals surface area contributed by atoms with Crippen LogP contribution in [0.25, 0.3) is 0 Å². The van der Waals surface area contributed by atoms with Crippen molar-refractivity contribution in [2.75, 3.05) is 12.0 Å². The van der Waals surface area contributed by atoms with Crippen molar-refractivity contribution in [2.45, 2.75) is 19.5 Å². The monoisotopic (exact) mass is 378 g/mol. The molecule has 25 heavy (non-hydrogen) atoms. The highest BCUT2D eigenvalue weighted by molar-refractivity contribution is 6.38. The van der Waals surface area contributed by atoms with Crippen LogP contribution in [0.15, 0.2) is 36.4 Å². The first-order chi connectivity index (χ1) is 11.9. The molecular formula is C18H16Cl2N2O3. The highest BCUT2D eigenvalue weighted by Gasteiger charge is 2.41. The lowest BCUT2D eigenvalue weighted by molar-refractivity contribution is -0.126. The molecule has 7 heteroatoms. The van der Waals surface area contributed by atoms with Crippen molar-refractivity contribution in [2.24, 2.45) is 0 Å². The number of carbonyl (C=O) groups excluding carboxylic acids is 2. The fourth-order valence-corrected chi connectivity index (χ4v) is 3.52. The number of anilines is 1. The maximum Gasteiger partial charge on any atom is 0.254 e. The van der Waals surface area contributed by atoms with Crippen LogP contribution in [0.1, 0.15) is 24.1 Å². The van der Waals surface area contributed by atoms with Crippen molar-refractivity contribution in [1.29, 1.82) is 0 Å². The molecule has 0 saturated heterocycles. The lowest BCUT2D eigenvalue weighted by Gasteiger charge is -2.20. The molecular weight excluding hydrogens is 363 g/mol. The third-order valence-electron chi connectivity index (χ3n) is 4.05. The van der Waals surface area contributed by atoms with Gasteiger partial charge in [0.05, 0.1) is 24.4 Å². The van der Waals surface area contributed by atoms with Gasteiger partial charge in [-0.15, -0.1) is 0 Å². The van der Waals surface area contributed by atoms with Crippen LogP contribution in [-0.2, 0) is 16.1 Å². The molecule has 5 nitrogen and oxygen atoms in total. The Morgan fingerprint density at radius 3 is 2.56 bits per heavy atom. The second-order valence-corrected chi connectivity index (χ2v) is 6.48. The molecule has 2 aromatic carbocycles. The first-order valence-electron chi connectivity index (χ1n) is 7.62. The summed E-state index contributed by atoms with van der Waals surface area (Å²) in [4.78, 5) is 26.0. The Kier molecular flexibility index (Phi) is 4.88. The van der Waals surface area contributed by atoms with Gasteiger partial charge >= 0.3 is 0 Å². The van der Waals surface area contributed by atoms with Crippen LogP contribution in [-0.4, -0.2) is 18.9 Å². The molecule has 1 aliphatic rings. The number of amides is 2. The Hall–Kier alpha value is -2.24. The molecule has 0 bridgehead atoms. The van der Waals surface area contributed by atoms with Crippen molar-refractivity contribution in [1.82, 2.24) is 5.32 Å². The van der Waals surface area contributed by atoms with E-state index in [-0.39, 0.29) is 18.4 Å². The third-order valence-corrected chi connectivity index (χ3v) is 4.69. The summed E-state index contributed by atoms with van der Waals surface area (Å²) in [6.45, 7) is 1.61. The van der Waals surface area contributed by atoms with Crippen LogP contribution < -0.4 is 15.0 Å². The van der Waals surface area contributed by atoms with Gasteiger partial charge in [-0.2, -0.15) is 0 Å². The van der Waals surface area contributed by atoms with Gasteiger partial charge in [-0.05, 0) is 18.2 Å². The van der Waals surface area contributed by atoms with E-state index < -0.39 is 6.04 Å². The SMILES string of the molecule is COc1ccccc1CN1C(=O)[C@H](NC(C)=O)c2c(Cl)ccc(Cl)c21. The topological polar surface area (TPSA) is 58.6 Å². The summed E-state index contributed by atoms with van der Waals surface area (Å²) in [5, 5.41) is 3.44. The Morgan fingerprint density at radius 1 is 1.20 bits per heavy atom. The van der Waals surface area contributed by atoms with E-state index in [2.05, 4.69) is 5.32 Å². The molecule has 2 amide bonds. The van der Waals surface area contributed by atoms with E-state index in [9.17, 15) is 9.59 Å². The zero-order valence-electron chi connectivity index (χ0n) is 13.7. The summed E-state index contributed by atoms with van der Waals surface area (Å²) < 4.78 is 5.36. The van der Waals surface area contributed by atoms with Gasteiger partial charge in [-0.3, -0.25) is 9.59 Å². The van der Waals surface area contributed by atoms with Crippen LogP contribution in [0, 0.1) is 0 Å². The van der Waals surface area contributed by atoms with Crippen molar-refractivity contribution in [3.8, 4) is 5.75 Å². The Morgan fingerprint density at radius 2 is 1.88 bits per heavy atom. The Balaban J connectivity index is 2.08. The lowest BCUT2D eigenvalue weighted by atomic mass is 10.1. The molecule has 130 valence electrons. The van der Waals surface area contributed by atoms with Crippen LogP contribution >= 0.6 is 23.2 Å². The molecule has 1 aliphatic heterocycles. The van der Waals surface area contributed by atoms with E-state index >= 15 is 0 Å². The first kappa shape index (κ1) is 17.6. The summed E-state index contributed by atoms with van der Waals surface area (Å²) >= 11 is 12.6. The second kappa shape index (κ2) is 6.94. The summed E-state index contributed by atoms with van der Waals surface area (Å²) in [6, 6.07) is 9.82. The van der Waals surface area contributed by atoms with Crippen molar-refractivity contribution in [3.63, 3.8) is 0 Å². The van der Waals surface area contributed by atoms with Gasteiger partial charge in [-0.1, -0.05) is 41.4 Å². The van der Waals surface area contributed by atoms with Crippen molar-refractivity contribution >= 4 is 40.7 Å². The Labute approximate surface area is 155 Å². The standard InChI is InChI=1S/C18H16Cl2N2O3/c1-10(23)21-16-15-12(19)7-8-13(20)17(15)22(18(16)24)9-11-5-3-4-6-14(11)25-2/h3-8,16H,9H2,1-2H3,(H,21,23)/t16-/m1/s1. The maximum atomic E-state index is 13.0. The summed E-state index contributed by atoms with van der Waals surface area (Å²) in [6.07, 6.45) is 0. The molecule has 0 saturated carbocycles. The number of carbonyl (C=O) groups is 2. The summed E-state index contributed by atoms with van der Waals surface area (Å²) in [5.41, 5.74) is 1.86. The van der Waals surface area contributed by atoms with Gasteiger partial charge in [0.25, 0.3) is 5.91 Å². The van der Waals surface area contributed by atoms with Crippen molar-refractivity contribution in [3.05, 3.63) is 57.6 Å². The molecule has 0 aliphatic carbocycles. The molecule has 0 radical (unpaired) electrons. The van der Waals surface area contributed by atoms with Gasteiger partial charge in [0, 0.05) is 23.1 Å². The van der Waals surface area contributed by atoms with Crippen LogP contribution in [0.2, 0.25) is 10.0 Å². The van der Waals surface area contributed by atoms with Crippen molar-refractivity contribution < 1.29 is 14.3 Å². The number of rotatable bonds is 4. The first-order valence-corrected chi connectivity index (χ1v) is 8.38. The van der Waals surface area contributed by atoms with Gasteiger partial charge in [0.1, 0.15) is 11.8 Å². The van der Waals surface area contributed by atoms with Crippen LogP contribution in [0.4, 0.5) is 5.69 Å². The summed E-state index contributed by atoms with van der Waals surface area (Å²) in [5.74, 6) is 0.0589. The van der Waals surface area contributed by atoms with Crippen LogP contribution in [0.5, 0.6) is 5.75 Å². The zero-order chi connectivity index (χ0) is 18.1. The third kappa shape index (κ3) is 3.17. The molecule has 0 unspecified atom stereocenters. The number of fused-ring (bicyclic) bond motifs is 1. The van der Waals surface area contributed by atoms with E-state index in [1.807, 2.05) is 24.3 Å². The molecule has 2 aromatic rings. The number of ether oxygens (including phenoxy) is 1. The van der Waals surface area contributed by atoms with E-state index in [0.29, 0.717) is 27.0 Å². The Bertz CT molecular complexity index is 854. The highest BCUT2D eigenvalue weighted by Crippen LogP contribution is 2.45. The number of halogens is 2. The highest BCUT2D eigenvalue weighted by atomic mass is 35.5. The smallest absolute Gasteiger partial charge is 0.254 e. The molecule has 1 atom stereocenters. The predicted octanol–water partition coefficient (Wildman–Crippen LogP) is 3.73. The summed E-state index contributed by atoms with van der Waals surface area (Å²) in [7, 11) is 1.57. The largest absolute Gasteiger partial charge is 0.496 e. The number of nitrogens with zero attached hydrogens (tertiary/aromatic N) is 1. The molecule has 0 fully saturated rings. The molecule has 3 rings (SSSR count). The van der Waals surface area contributed by atoms with E-state index in [4.69, 9.17) is 27.9 Å². The minimum Gasteiger partial charge on any atom is -0.496 e. The number of hydrogen-bond donors (Lipinski definition) is 1. The van der Waals surface area contributed by atoms with E-state index in [1.54, 1.807) is 19.2 Å². The molecule has 0 aromatic heterocycles. The number of hydrogen-bond acceptors (Lipinski definition) is 3. The van der Waals surface area contributed by atoms with Gasteiger partial charge in [-0.25, -0.2) is 0 Å². The fraction of sp³-hybridized carbons (Fsp3) is 0.222. The average Bonchev–Trinajstić information content (AvgIpc) is 2.85. The van der Waals surface area contributed by atoms with E-state index in [0.717, 1.165) is 5.56 Å². The van der Waals surface area contributed by atoms with E-state index in [1.165, 1.54) is 11.8 Å². The van der Waals surface area contributed by atoms with Gasteiger partial charge < -0.3 is 15.0 Å². The van der Waals surface area contributed by atoms with Gasteiger partial charge in [0.2, 0.25) is 5.91 Å².